The summed E-state index contributed by atoms with van der Waals surface area (Å²) in [5.41, 5.74) is 3.46. The summed E-state index contributed by atoms with van der Waals surface area (Å²) in [5, 5.41) is 3.84. The van der Waals surface area contributed by atoms with E-state index in [-0.39, 0.29) is 31.7 Å². The van der Waals surface area contributed by atoms with Gasteiger partial charge in [0.05, 0.1) is 18.9 Å². The number of fused-ring (bicyclic) bond motifs is 1. The number of nitrogens with zero attached hydrogens (tertiary/aromatic N) is 1. The van der Waals surface area contributed by atoms with Crippen LogP contribution >= 0.6 is 11.3 Å². The Morgan fingerprint density at radius 2 is 1.66 bits per heavy atom. The van der Waals surface area contributed by atoms with Crippen molar-refractivity contribution in [3.8, 4) is 16.5 Å². The zero-order valence-electron chi connectivity index (χ0n) is 22.4. The molecule has 2 aromatic carbocycles. The highest BCUT2D eigenvalue weighted by Crippen LogP contribution is 2.34. The van der Waals surface area contributed by atoms with Crippen LogP contribution in [0, 0.1) is 5.92 Å². The maximum absolute atomic E-state index is 12.5. The standard InChI is InChI=1S/C30H33NO6S/c1-6-34-28(32)23(29(33)35-7-2)15-19-10-8-9-11-20(19)17-36-22-12-13-24-21(14-22)16-25(37-24)27-31-26(18-38-27)30(3,4)5/h8-14,16,18,23H,6-7,15,17H2,1-5H3. The third kappa shape index (κ3) is 6.42. The summed E-state index contributed by atoms with van der Waals surface area (Å²) in [6, 6.07) is 15.2. The van der Waals surface area contributed by atoms with Crippen LogP contribution < -0.4 is 4.74 Å². The van der Waals surface area contributed by atoms with E-state index >= 15 is 0 Å². The van der Waals surface area contributed by atoms with E-state index in [4.69, 9.17) is 23.6 Å². The molecule has 0 N–H and O–H groups in total. The molecule has 0 saturated carbocycles. The first-order valence-electron chi connectivity index (χ1n) is 12.7. The first-order chi connectivity index (χ1) is 18.2. The maximum Gasteiger partial charge on any atom is 0.320 e. The first-order valence-corrected chi connectivity index (χ1v) is 13.6. The van der Waals surface area contributed by atoms with Crippen molar-refractivity contribution in [2.75, 3.05) is 13.2 Å². The Labute approximate surface area is 226 Å². The highest BCUT2D eigenvalue weighted by Gasteiger charge is 2.30. The molecule has 38 heavy (non-hydrogen) atoms. The summed E-state index contributed by atoms with van der Waals surface area (Å²) < 4.78 is 22.4. The van der Waals surface area contributed by atoms with Gasteiger partial charge in [0.1, 0.15) is 17.9 Å². The molecule has 0 spiro atoms. The van der Waals surface area contributed by atoms with Gasteiger partial charge in [-0.15, -0.1) is 11.3 Å². The van der Waals surface area contributed by atoms with Crippen LogP contribution in [0.1, 0.15) is 51.4 Å². The molecule has 4 rings (SSSR count). The molecule has 0 amide bonds. The molecule has 0 aliphatic carbocycles. The van der Waals surface area contributed by atoms with Crippen LogP contribution in [0.5, 0.6) is 5.75 Å². The van der Waals surface area contributed by atoms with E-state index in [9.17, 15) is 9.59 Å². The fraction of sp³-hybridized carbons (Fsp3) is 0.367. The van der Waals surface area contributed by atoms with Gasteiger partial charge in [-0.2, -0.15) is 0 Å². The van der Waals surface area contributed by atoms with Gasteiger partial charge in [-0.1, -0.05) is 45.0 Å². The minimum atomic E-state index is -1.03. The van der Waals surface area contributed by atoms with E-state index < -0.39 is 17.9 Å². The number of benzene rings is 2. The van der Waals surface area contributed by atoms with Gasteiger partial charge in [-0.25, -0.2) is 4.98 Å². The van der Waals surface area contributed by atoms with Crippen LogP contribution in [-0.2, 0) is 37.5 Å². The van der Waals surface area contributed by atoms with E-state index in [0.29, 0.717) is 5.75 Å². The van der Waals surface area contributed by atoms with Crippen molar-refractivity contribution in [1.82, 2.24) is 4.98 Å². The zero-order valence-corrected chi connectivity index (χ0v) is 23.2. The number of aromatic nitrogens is 1. The zero-order chi connectivity index (χ0) is 27.3. The van der Waals surface area contributed by atoms with E-state index in [0.717, 1.165) is 38.6 Å². The Kier molecular flexibility index (Phi) is 8.52. The Morgan fingerprint density at radius 1 is 0.974 bits per heavy atom. The van der Waals surface area contributed by atoms with Crippen molar-refractivity contribution in [2.45, 2.75) is 53.1 Å². The van der Waals surface area contributed by atoms with E-state index in [2.05, 4.69) is 26.2 Å². The summed E-state index contributed by atoms with van der Waals surface area (Å²) >= 11 is 1.57. The second-order valence-corrected chi connectivity index (χ2v) is 10.8. The molecule has 0 unspecified atom stereocenters. The number of carbonyl (C=O) groups is 2. The number of carbonyl (C=O) groups excluding carboxylic acids is 2. The fourth-order valence-corrected chi connectivity index (χ4v) is 4.97. The van der Waals surface area contributed by atoms with E-state index in [1.54, 1.807) is 25.2 Å². The van der Waals surface area contributed by atoms with Crippen LogP contribution in [0.4, 0.5) is 0 Å². The molecule has 8 heteroatoms. The predicted octanol–water partition coefficient (Wildman–Crippen LogP) is 6.72. The van der Waals surface area contributed by atoms with Crippen LogP contribution in [0.3, 0.4) is 0 Å². The lowest BCUT2D eigenvalue weighted by atomic mass is 9.93. The molecular weight excluding hydrogens is 502 g/mol. The minimum Gasteiger partial charge on any atom is -0.489 e. The van der Waals surface area contributed by atoms with Gasteiger partial charge in [0.25, 0.3) is 0 Å². The second kappa shape index (κ2) is 11.8. The van der Waals surface area contributed by atoms with Gasteiger partial charge < -0.3 is 18.6 Å². The largest absolute Gasteiger partial charge is 0.489 e. The molecule has 7 nitrogen and oxygen atoms in total. The van der Waals surface area contributed by atoms with Crippen molar-refractivity contribution in [2.24, 2.45) is 5.92 Å². The lowest BCUT2D eigenvalue weighted by Crippen LogP contribution is -2.30. The number of thiazole rings is 1. The van der Waals surface area contributed by atoms with Crippen molar-refractivity contribution < 1.29 is 28.2 Å². The SMILES string of the molecule is CCOC(=O)C(Cc1ccccc1COc1ccc2oc(-c3nc(C(C)(C)C)cs3)cc2c1)C(=O)OCC. The number of hydrogen-bond donors (Lipinski definition) is 0. The quantitative estimate of drug-likeness (QED) is 0.165. The van der Waals surface area contributed by atoms with Crippen LogP contribution in [0.25, 0.3) is 21.7 Å². The van der Waals surface area contributed by atoms with Gasteiger partial charge in [0.15, 0.2) is 16.7 Å². The number of rotatable bonds is 10. The molecule has 200 valence electrons. The van der Waals surface area contributed by atoms with Gasteiger partial charge >= 0.3 is 11.9 Å². The van der Waals surface area contributed by atoms with Crippen LogP contribution in [-0.4, -0.2) is 30.1 Å². The van der Waals surface area contributed by atoms with Crippen molar-refractivity contribution >= 4 is 34.2 Å². The van der Waals surface area contributed by atoms with Gasteiger partial charge in [-0.3, -0.25) is 9.59 Å². The van der Waals surface area contributed by atoms with E-state index in [1.807, 2.05) is 48.5 Å². The average molecular weight is 536 g/mol. The van der Waals surface area contributed by atoms with Crippen molar-refractivity contribution in [1.29, 1.82) is 0 Å². The molecule has 0 bridgehead atoms. The van der Waals surface area contributed by atoms with Crippen LogP contribution in [0.2, 0.25) is 0 Å². The minimum absolute atomic E-state index is 0.0231. The topological polar surface area (TPSA) is 87.9 Å². The summed E-state index contributed by atoms with van der Waals surface area (Å²) in [7, 11) is 0. The molecule has 0 aliphatic rings. The third-order valence-electron chi connectivity index (χ3n) is 6.05. The molecule has 0 atom stereocenters. The van der Waals surface area contributed by atoms with Gasteiger partial charge in [-0.05, 0) is 55.7 Å². The Hall–Kier alpha value is -3.65. The summed E-state index contributed by atoms with van der Waals surface area (Å²) in [6.07, 6.45) is 0.172. The maximum atomic E-state index is 12.5. The van der Waals surface area contributed by atoms with Crippen molar-refractivity contribution in [3.05, 3.63) is 70.7 Å². The number of ether oxygens (including phenoxy) is 3. The highest BCUT2D eigenvalue weighted by molar-refractivity contribution is 7.13. The van der Waals surface area contributed by atoms with Crippen molar-refractivity contribution in [3.63, 3.8) is 0 Å². The molecule has 0 fully saturated rings. The van der Waals surface area contributed by atoms with Gasteiger partial charge in [0, 0.05) is 16.2 Å². The first kappa shape index (κ1) is 27.4. The number of esters is 2. The Bertz CT molecular complexity index is 1400. The Balaban J connectivity index is 1.50. The summed E-state index contributed by atoms with van der Waals surface area (Å²) in [6.45, 7) is 10.5. The molecule has 2 aromatic heterocycles. The predicted molar refractivity (Wildman–Crippen MR) is 147 cm³/mol. The summed E-state index contributed by atoms with van der Waals surface area (Å²) in [5.74, 6) is -0.787. The monoisotopic (exact) mass is 535 g/mol. The second-order valence-electron chi connectivity index (χ2n) is 9.92. The molecule has 0 radical (unpaired) electrons. The van der Waals surface area contributed by atoms with Crippen LogP contribution in [0.15, 0.2) is 58.3 Å². The highest BCUT2D eigenvalue weighted by atomic mass is 32.1. The molecule has 2 heterocycles. The summed E-state index contributed by atoms with van der Waals surface area (Å²) in [4.78, 5) is 29.7. The number of hydrogen-bond acceptors (Lipinski definition) is 8. The lowest BCUT2D eigenvalue weighted by molar-refractivity contribution is -0.161. The molecule has 4 aromatic rings. The molecule has 0 aliphatic heterocycles. The Morgan fingerprint density at radius 3 is 2.29 bits per heavy atom. The smallest absolute Gasteiger partial charge is 0.320 e. The third-order valence-corrected chi connectivity index (χ3v) is 6.91. The average Bonchev–Trinajstić information content (AvgIpc) is 3.54. The lowest BCUT2D eigenvalue weighted by Gasteiger charge is -2.17. The molecular formula is C30H33NO6S. The van der Waals surface area contributed by atoms with E-state index in [1.165, 1.54) is 0 Å². The normalized spacial score (nSPS) is 11.6. The number of furan rings is 1. The van der Waals surface area contributed by atoms with Gasteiger partial charge in [0.2, 0.25) is 0 Å². The fourth-order valence-electron chi connectivity index (χ4n) is 3.98. The molecule has 0 saturated heterocycles.